The van der Waals surface area contributed by atoms with Gasteiger partial charge < -0.3 is 10.6 Å². The molecule has 0 heterocycles. The number of benzene rings is 1. The third-order valence-corrected chi connectivity index (χ3v) is 3.02. The Morgan fingerprint density at radius 1 is 1.44 bits per heavy atom. The molecule has 0 saturated carbocycles. The molecule has 0 spiro atoms. The highest BCUT2D eigenvalue weighted by Crippen LogP contribution is 2.20. The molecule has 0 aliphatic carbocycles. The smallest absolute Gasteiger partial charge is 0.239 e. The molecule has 4 heteroatoms. The molecular weight excluding hydrogens is 268 g/mol. The van der Waals surface area contributed by atoms with Gasteiger partial charge in [-0.25, -0.2) is 0 Å². The van der Waals surface area contributed by atoms with Gasteiger partial charge in [0, 0.05) is 16.2 Å². The normalized spacial score (nSPS) is 11.9. The average molecular weight is 285 g/mol. The van der Waals surface area contributed by atoms with Crippen molar-refractivity contribution in [1.82, 2.24) is 5.32 Å². The number of amides is 1. The van der Waals surface area contributed by atoms with E-state index in [1.54, 1.807) is 0 Å². The topological polar surface area (TPSA) is 41.1 Å². The van der Waals surface area contributed by atoms with E-state index in [9.17, 15) is 4.79 Å². The summed E-state index contributed by atoms with van der Waals surface area (Å²) in [6, 6.07) is 7.97. The van der Waals surface area contributed by atoms with Gasteiger partial charge in [0.1, 0.15) is 0 Å². The first-order chi connectivity index (χ1) is 7.63. The highest BCUT2D eigenvalue weighted by atomic mass is 79.9. The molecule has 1 amide bonds. The van der Waals surface area contributed by atoms with Crippen LogP contribution in [0.3, 0.4) is 0 Å². The average Bonchev–Trinajstić information content (AvgIpc) is 2.28. The minimum absolute atomic E-state index is 0.0186. The van der Waals surface area contributed by atoms with Crippen LogP contribution in [-0.4, -0.2) is 18.5 Å². The molecule has 16 heavy (non-hydrogen) atoms. The van der Waals surface area contributed by atoms with E-state index in [1.165, 1.54) is 0 Å². The minimum Gasteiger partial charge on any atom is -0.375 e. The Morgan fingerprint density at radius 2 is 2.12 bits per heavy atom. The molecule has 0 fully saturated rings. The van der Waals surface area contributed by atoms with Crippen molar-refractivity contribution >= 4 is 27.5 Å². The summed E-state index contributed by atoms with van der Waals surface area (Å²) in [5.74, 6) is 0.0186. The summed E-state index contributed by atoms with van der Waals surface area (Å²) >= 11 is 3.42. The molecule has 2 N–H and O–H groups in total. The zero-order valence-electron chi connectivity index (χ0n) is 9.59. The van der Waals surface area contributed by atoms with Gasteiger partial charge in [-0.05, 0) is 41.4 Å². The molecule has 1 rings (SSSR count). The van der Waals surface area contributed by atoms with Crippen LogP contribution in [0.25, 0.3) is 0 Å². The van der Waals surface area contributed by atoms with Crippen molar-refractivity contribution in [2.75, 3.05) is 11.9 Å². The molecule has 0 saturated heterocycles. The summed E-state index contributed by atoms with van der Waals surface area (Å²) in [6.45, 7) is 4.34. The molecule has 88 valence electrons. The number of halogens is 1. The van der Waals surface area contributed by atoms with Crippen LogP contribution in [0, 0.1) is 0 Å². The number of para-hydroxylation sites is 1. The number of anilines is 1. The van der Waals surface area contributed by atoms with Crippen LogP contribution < -0.4 is 10.6 Å². The second-order valence-electron chi connectivity index (χ2n) is 3.71. The fourth-order valence-electron chi connectivity index (χ4n) is 1.21. The maximum absolute atomic E-state index is 11.5. The SMILES string of the molecule is CCC(C)NC(=O)CNc1ccccc1Br. The Labute approximate surface area is 105 Å². The first kappa shape index (κ1) is 13.0. The van der Waals surface area contributed by atoms with Gasteiger partial charge in [-0.2, -0.15) is 0 Å². The van der Waals surface area contributed by atoms with E-state index < -0.39 is 0 Å². The maximum Gasteiger partial charge on any atom is 0.239 e. The van der Waals surface area contributed by atoms with Gasteiger partial charge in [0.15, 0.2) is 0 Å². The third kappa shape index (κ3) is 4.23. The lowest BCUT2D eigenvalue weighted by molar-refractivity contribution is -0.120. The van der Waals surface area contributed by atoms with Crippen LogP contribution in [0.15, 0.2) is 28.7 Å². The largest absolute Gasteiger partial charge is 0.375 e. The summed E-state index contributed by atoms with van der Waals surface area (Å²) in [6.07, 6.45) is 0.945. The van der Waals surface area contributed by atoms with Crippen molar-refractivity contribution in [3.8, 4) is 0 Å². The van der Waals surface area contributed by atoms with Gasteiger partial charge in [-0.15, -0.1) is 0 Å². The van der Waals surface area contributed by atoms with E-state index in [2.05, 4.69) is 26.6 Å². The fourth-order valence-corrected chi connectivity index (χ4v) is 1.63. The summed E-state index contributed by atoms with van der Waals surface area (Å²) in [4.78, 5) is 11.5. The summed E-state index contributed by atoms with van der Waals surface area (Å²) < 4.78 is 0.964. The lowest BCUT2D eigenvalue weighted by Crippen LogP contribution is -2.36. The van der Waals surface area contributed by atoms with Gasteiger partial charge in [-0.3, -0.25) is 4.79 Å². The van der Waals surface area contributed by atoms with Crippen molar-refractivity contribution in [2.45, 2.75) is 26.3 Å². The highest BCUT2D eigenvalue weighted by molar-refractivity contribution is 9.10. The molecule has 0 bridgehead atoms. The zero-order valence-corrected chi connectivity index (χ0v) is 11.2. The van der Waals surface area contributed by atoms with Crippen LogP contribution in [-0.2, 0) is 4.79 Å². The van der Waals surface area contributed by atoms with E-state index in [0.29, 0.717) is 6.54 Å². The van der Waals surface area contributed by atoms with E-state index in [4.69, 9.17) is 0 Å². The van der Waals surface area contributed by atoms with E-state index in [-0.39, 0.29) is 11.9 Å². The predicted octanol–water partition coefficient (Wildman–Crippen LogP) is 2.78. The van der Waals surface area contributed by atoms with Gasteiger partial charge in [0.05, 0.1) is 6.54 Å². The van der Waals surface area contributed by atoms with Crippen LogP contribution in [0.5, 0.6) is 0 Å². The molecule has 1 atom stereocenters. The van der Waals surface area contributed by atoms with Crippen molar-refractivity contribution in [3.05, 3.63) is 28.7 Å². The van der Waals surface area contributed by atoms with E-state index >= 15 is 0 Å². The molecule has 0 aliphatic rings. The lowest BCUT2D eigenvalue weighted by Gasteiger charge is -2.12. The van der Waals surface area contributed by atoms with Gasteiger partial charge in [0.25, 0.3) is 0 Å². The van der Waals surface area contributed by atoms with Crippen molar-refractivity contribution in [2.24, 2.45) is 0 Å². The number of hydrogen-bond acceptors (Lipinski definition) is 2. The molecule has 1 aromatic carbocycles. The second kappa shape index (κ2) is 6.53. The quantitative estimate of drug-likeness (QED) is 0.873. The fraction of sp³-hybridized carbons (Fsp3) is 0.417. The Bertz CT molecular complexity index is 355. The molecule has 0 radical (unpaired) electrons. The molecular formula is C12H17BrN2O. The standard InChI is InChI=1S/C12H17BrN2O/c1-3-9(2)15-12(16)8-14-11-7-5-4-6-10(11)13/h4-7,9,14H,3,8H2,1-2H3,(H,15,16). The molecule has 0 aromatic heterocycles. The number of hydrogen-bond donors (Lipinski definition) is 2. The molecule has 1 aromatic rings. The Hall–Kier alpha value is -1.03. The third-order valence-electron chi connectivity index (χ3n) is 2.33. The van der Waals surface area contributed by atoms with Crippen LogP contribution >= 0.6 is 15.9 Å². The van der Waals surface area contributed by atoms with E-state index in [0.717, 1.165) is 16.6 Å². The maximum atomic E-state index is 11.5. The number of carbonyl (C=O) groups is 1. The lowest BCUT2D eigenvalue weighted by atomic mass is 10.2. The highest BCUT2D eigenvalue weighted by Gasteiger charge is 2.05. The second-order valence-corrected chi connectivity index (χ2v) is 4.56. The molecule has 0 aliphatic heterocycles. The van der Waals surface area contributed by atoms with Crippen LogP contribution in [0.1, 0.15) is 20.3 Å². The Morgan fingerprint density at radius 3 is 2.75 bits per heavy atom. The van der Waals surface area contributed by atoms with Gasteiger partial charge >= 0.3 is 0 Å². The predicted molar refractivity (Wildman–Crippen MR) is 70.5 cm³/mol. The zero-order chi connectivity index (χ0) is 12.0. The summed E-state index contributed by atoms with van der Waals surface area (Å²) in [5, 5.41) is 5.99. The van der Waals surface area contributed by atoms with Crippen molar-refractivity contribution in [3.63, 3.8) is 0 Å². The van der Waals surface area contributed by atoms with Gasteiger partial charge in [-0.1, -0.05) is 19.1 Å². The van der Waals surface area contributed by atoms with Crippen molar-refractivity contribution in [1.29, 1.82) is 0 Å². The molecule has 1 unspecified atom stereocenters. The summed E-state index contributed by atoms with van der Waals surface area (Å²) in [7, 11) is 0. The number of carbonyl (C=O) groups excluding carboxylic acids is 1. The summed E-state index contributed by atoms with van der Waals surface area (Å²) in [5.41, 5.74) is 0.932. The first-order valence-electron chi connectivity index (χ1n) is 5.41. The minimum atomic E-state index is 0.0186. The monoisotopic (exact) mass is 284 g/mol. The molecule has 3 nitrogen and oxygen atoms in total. The van der Waals surface area contributed by atoms with E-state index in [1.807, 2.05) is 38.1 Å². The first-order valence-corrected chi connectivity index (χ1v) is 6.20. The van der Waals surface area contributed by atoms with Crippen LogP contribution in [0.4, 0.5) is 5.69 Å². The van der Waals surface area contributed by atoms with Gasteiger partial charge in [0.2, 0.25) is 5.91 Å². The number of nitrogens with one attached hydrogen (secondary N) is 2. The number of rotatable bonds is 5. The Kier molecular flexibility index (Phi) is 5.32. The van der Waals surface area contributed by atoms with Crippen molar-refractivity contribution < 1.29 is 4.79 Å². The van der Waals surface area contributed by atoms with Crippen LogP contribution in [0.2, 0.25) is 0 Å². The Balaban J connectivity index is 2.40.